The highest BCUT2D eigenvalue weighted by Crippen LogP contribution is 2.30. The third-order valence-corrected chi connectivity index (χ3v) is 4.62. The highest BCUT2D eigenvalue weighted by Gasteiger charge is 2.10. The van der Waals surface area contributed by atoms with Crippen LogP contribution in [0.15, 0.2) is 46.7 Å². The Morgan fingerprint density at radius 2 is 2.18 bits per heavy atom. The van der Waals surface area contributed by atoms with E-state index in [9.17, 15) is 9.59 Å². The van der Waals surface area contributed by atoms with Gasteiger partial charge in [-0.3, -0.25) is 9.59 Å². The van der Waals surface area contributed by atoms with Crippen molar-refractivity contribution in [1.82, 2.24) is 0 Å². The van der Waals surface area contributed by atoms with Crippen LogP contribution >= 0.6 is 23.1 Å². The Morgan fingerprint density at radius 1 is 1.36 bits per heavy atom. The van der Waals surface area contributed by atoms with Gasteiger partial charge in [-0.05, 0) is 41.8 Å². The second-order valence-corrected chi connectivity index (χ2v) is 6.26. The summed E-state index contributed by atoms with van der Waals surface area (Å²) >= 11 is 2.72. The summed E-state index contributed by atoms with van der Waals surface area (Å²) in [5.41, 5.74) is 0.504. The van der Waals surface area contributed by atoms with Crippen molar-refractivity contribution >= 4 is 40.9 Å². The number of hydrogen-bond donors (Lipinski definition) is 1. The Balaban J connectivity index is 2.14. The predicted octanol–water partition coefficient (Wildman–Crippen LogP) is 3.83. The van der Waals surface area contributed by atoms with E-state index in [0.29, 0.717) is 16.2 Å². The number of carbonyl (C=O) groups is 2. The summed E-state index contributed by atoms with van der Waals surface area (Å²) < 4.78 is 5.23. The maximum atomic E-state index is 12.1. The third kappa shape index (κ3) is 4.47. The molecule has 0 amide bonds. The first-order valence-corrected chi connectivity index (χ1v) is 8.25. The maximum Gasteiger partial charge on any atom is 0.313 e. The van der Waals surface area contributed by atoms with Gasteiger partial charge in [-0.25, -0.2) is 0 Å². The summed E-state index contributed by atoms with van der Waals surface area (Å²) in [6.07, 6.45) is 3.29. The van der Waals surface area contributed by atoms with E-state index in [2.05, 4.69) is 0 Å². The van der Waals surface area contributed by atoms with E-state index in [1.54, 1.807) is 35.6 Å². The molecule has 0 unspecified atom stereocenters. The van der Waals surface area contributed by atoms with Crippen LogP contribution < -0.4 is 4.74 Å². The fraction of sp³-hybridized carbons (Fsp3) is 0.125. The summed E-state index contributed by atoms with van der Waals surface area (Å²) in [7, 11) is 1.50. The molecule has 1 N–H and O–H groups in total. The molecule has 0 atom stereocenters. The molecule has 1 aromatic carbocycles. The molecule has 0 bridgehead atoms. The number of thiophene rings is 1. The average molecular weight is 334 g/mol. The number of allylic oxidation sites excluding steroid dienone is 1. The molecule has 0 radical (unpaired) electrons. The molecule has 4 nitrogen and oxygen atoms in total. The number of hydrogen-bond acceptors (Lipinski definition) is 5. The lowest BCUT2D eigenvalue weighted by Crippen LogP contribution is -2.00. The number of ether oxygens (including phenoxy) is 1. The van der Waals surface area contributed by atoms with Gasteiger partial charge in [0.1, 0.15) is 5.75 Å². The lowest BCUT2D eigenvalue weighted by atomic mass is 10.1. The number of carbonyl (C=O) groups excluding carboxylic acids is 1. The van der Waals surface area contributed by atoms with E-state index in [1.807, 2.05) is 17.5 Å². The molecule has 0 aliphatic heterocycles. The number of aliphatic carboxylic acids is 1. The van der Waals surface area contributed by atoms with Crippen LogP contribution in [0.4, 0.5) is 0 Å². The molecule has 2 rings (SSSR count). The zero-order valence-corrected chi connectivity index (χ0v) is 13.4. The molecule has 1 aromatic heterocycles. The number of carboxylic acids is 1. The molecule has 1 heterocycles. The lowest BCUT2D eigenvalue weighted by molar-refractivity contribution is -0.133. The van der Waals surface area contributed by atoms with Gasteiger partial charge in [0.15, 0.2) is 5.78 Å². The molecule has 2 aromatic rings. The largest absolute Gasteiger partial charge is 0.496 e. The molecule has 0 spiro atoms. The Morgan fingerprint density at radius 3 is 2.82 bits per heavy atom. The quantitative estimate of drug-likeness (QED) is 0.474. The zero-order chi connectivity index (χ0) is 15.9. The minimum absolute atomic E-state index is 0.0536. The van der Waals surface area contributed by atoms with E-state index in [1.165, 1.54) is 13.2 Å². The number of benzene rings is 1. The van der Waals surface area contributed by atoms with Crippen LogP contribution in [0.25, 0.3) is 6.08 Å². The third-order valence-electron chi connectivity index (χ3n) is 2.74. The Hall–Kier alpha value is -2.05. The fourth-order valence-corrected chi connectivity index (χ4v) is 3.07. The molecule has 114 valence electrons. The van der Waals surface area contributed by atoms with Crippen LogP contribution in [-0.4, -0.2) is 29.7 Å². The minimum atomic E-state index is -0.897. The van der Waals surface area contributed by atoms with Gasteiger partial charge in [-0.2, -0.15) is 0 Å². The predicted molar refractivity (Wildman–Crippen MR) is 89.0 cm³/mol. The van der Waals surface area contributed by atoms with Gasteiger partial charge in [-0.1, -0.05) is 6.07 Å². The van der Waals surface area contributed by atoms with Gasteiger partial charge in [0, 0.05) is 15.3 Å². The number of carboxylic acid groups (broad SMARTS) is 1. The van der Waals surface area contributed by atoms with Gasteiger partial charge < -0.3 is 9.84 Å². The Labute approximate surface area is 136 Å². The number of methoxy groups -OCH3 is 1. The molecular weight excluding hydrogens is 320 g/mol. The molecule has 0 aliphatic carbocycles. The maximum absolute atomic E-state index is 12.1. The normalized spacial score (nSPS) is 10.8. The molecular formula is C16H14O4S2. The summed E-state index contributed by atoms with van der Waals surface area (Å²) in [6, 6.07) is 8.87. The van der Waals surface area contributed by atoms with E-state index in [0.717, 1.165) is 16.6 Å². The molecule has 6 heteroatoms. The number of thioether (sulfide) groups is 1. The van der Waals surface area contributed by atoms with Gasteiger partial charge in [0.05, 0.1) is 12.9 Å². The summed E-state index contributed by atoms with van der Waals surface area (Å²) in [6.45, 7) is 0. The highest BCUT2D eigenvalue weighted by molar-refractivity contribution is 8.00. The second-order valence-electron chi connectivity index (χ2n) is 4.26. The molecule has 0 saturated heterocycles. The zero-order valence-electron chi connectivity index (χ0n) is 11.8. The van der Waals surface area contributed by atoms with Crippen molar-refractivity contribution in [3.8, 4) is 5.75 Å². The first-order chi connectivity index (χ1) is 10.6. The van der Waals surface area contributed by atoms with Crippen molar-refractivity contribution in [2.24, 2.45) is 0 Å². The Bertz CT molecular complexity index is 690. The average Bonchev–Trinajstić information content (AvgIpc) is 3.03. The smallest absolute Gasteiger partial charge is 0.313 e. The van der Waals surface area contributed by atoms with Crippen LogP contribution in [0.2, 0.25) is 0 Å². The van der Waals surface area contributed by atoms with Crippen molar-refractivity contribution in [2.75, 3.05) is 12.9 Å². The van der Waals surface area contributed by atoms with E-state index >= 15 is 0 Å². The van der Waals surface area contributed by atoms with E-state index in [-0.39, 0.29) is 11.5 Å². The SMILES string of the molecule is COc1cc(C(=O)/C=C\c2cccs2)ccc1SCC(=O)O. The van der Waals surface area contributed by atoms with Crippen molar-refractivity contribution in [1.29, 1.82) is 0 Å². The number of ketones is 1. The monoisotopic (exact) mass is 334 g/mol. The van der Waals surface area contributed by atoms with Gasteiger partial charge >= 0.3 is 5.97 Å². The van der Waals surface area contributed by atoms with E-state index in [4.69, 9.17) is 9.84 Å². The van der Waals surface area contributed by atoms with Gasteiger partial charge in [0.25, 0.3) is 0 Å². The van der Waals surface area contributed by atoms with Gasteiger partial charge in [-0.15, -0.1) is 23.1 Å². The van der Waals surface area contributed by atoms with E-state index < -0.39 is 5.97 Å². The summed E-state index contributed by atoms with van der Waals surface area (Å²) in [4.78, 5) is 24.5. The van der Waals surface area contributed by atoms with Gasteiger partial charge in [0.2, 0.25) is 0 Å². The Kier molecular flexibility index (Phi) is 5.80. The lowest BCUT2D eigenvalue weighted by Gasteiger charge is -2.08. The first-order valence-electron chi connectivity index (χ1n) is 6.38. The van der Waals surface area contributed by atoms with Crippen molar-refractivity contribution in [3.05, 3.63) is 52.2 Å². The first kappa shape index (κ1) is 16.3. The van der Waals surface area contributed by atoms with Crippen molar-refractivity contribution in [2.45, 2.75) is 4.90 Å². The summed E-state index contributed by atoms with van der Waals surface area (Å²) in [5.74, 6) is -0.573. The van der Waals surface area contributed by atoms with Crippen LogP contribution in [0.5, 0.6) is 5.75 Å². The second kappa shape index (κ2) is 7.82. The number of rotatable bonds is 7. The highest BCUT2D eigenvalue weighted by atomic mass is 32.2. The molecule has 0 fully saturated rings. The minimum Gasteiger partial charge on any atom is -0.496 e. The van der Waals surface area contributed by atoms with Crippen LogP contribution in [-0.2, 0) is 4.79 Å². The van der Waals surface area contributed by atoms with Crippen LogP contribution in [0.3, 0.4) is 0 Å². The van der Waals surface area contributed by atoms with Crippen LogP contribution in [0, 0.1) is 0 Å². The molecule has 0 aliphatic rings. The van der Waals surface area contributed by atoms with Crippen molar-refractivity contribution in [3.63, 3.8) is 0 Å². The fourth-order valence-electron chi connectivity index (χ4n) is 1.72. The summed E-state index contributed by atoms with van der Waals surface area (Å²) in [5, 5.41) is 10.7. The van der Waals surface area contributed by atoms with Crippen LogP contribution in [0.1, 0.15) is 15.2 Å². The molecule has 22 heavy (non-hydrogen) atoms. The van der Waals surface area contributed by atoms with Crippen molar-refractivity contribution < 1.29 is 19.4 Å². The molecule has 0 saturated carbocycles. The topological polar surface area (TPSA) is 63.6 Å². The standard InChI is InChI=1S/C16H14O4S2/c1-20-14-9-11(4-7-15(14)22-10-16(18)19)13(17)6-5-12-3-2-8-21-12/h2-9H,10H2,1H3,(H,18,19)/b6-5-.